The summed E-state index contributed by atoms with van der Waals surface area (Å²) in [6.45, 7) is 0. The molecule has 23 heavy (non-hydrogen) atoms. The Labute approximate surface area is 129 Å². The van der Waals surface area contributed by atoms with E-state index in [1.54, 1.807) is 24.3 Å². The number of hydrogen-bond acceptors (Lipinski definition) is 7. The SMILES string of the molecule is FC(F)(F)c1nnc2sc(-c3cccc(-n4cnnn4)c3)nn12. The lowest BCUT2D eigenvalue weighted by Crippen LogP contribution is -2.11. The zero-order valence-corrected chi connectivity index (χ0v) is 11.8. The topological polar surface area (TPSA) is 86.7 Å². The summed E-state index contributed by atoms with van der Waals surface area (Å²) in [6, 6.07) is 6.95. The molecule has 0 aliphatic rings. The average molecular weight is 338 g/mol. The fraction of sp³-hybridized carbons (Fsp3) is 0.0909. The molecule has 12 heteroatoms. The Morgan fingerprint density at radius 3 is 2.74 bits per heavy atom. The van der Waals surface area contributed by atoms with Crippen molar-refractivity contribution in [2.75, 3.05) is 0 Å². The van der Waals surface area contributed by atoms with Gasteiger partial charge in [-0.1, -0.05) is 23.5 Å². The Kier molecular flexibility index (Phi) is 2.87. The third-order valence-corrected chi connectivity index (χ3v) is 3.90. The minimum absolute atomic E-state index is 0.0696. The molecule has 0 amide bonds. The molecule has 4 aromatic rings. The Hall–Kier alpha value is -2.89. The van der Waals surface area contributed by atoms with Crippen molar-refractivity contribution in [3.63, 3.8) is 0 Å². The van der Waals surface area contributed by atoms with Crippen molar-refractivity contribution in [2.24, 2.45) is 0 Å². The molecule has 0 fully saturated rings. The van der Waals surface area contributed by atoms with Crippen molar-refractivity contribution in [2.45, 2.75) is 6.18 Å². The summed E-state index contributed by atoms with van der Waals surface area (Å²) in [5.74, 6) is -1.15. The van der Waals surface area contributed by atoms with Crippen molar-refractivity contribution in [1.29, 1.82) is 0 Å². The van der Waals surface area contributed by atoms with E-state index in [1.165, 1.54) is 11.0 Å². The number of benzene rings is 1. The summed E-state index contributed by atoms with van der Waals surface area (Å²) in [7, 11) is 0. The molecule has 0 N–H and O–H groups in total. The lowest BCUT2D eigenvalue weighted by atomic mass is 10.2. The van der Waals surface area contributed by atoms with Crippen LogP contribution in [-0.2, 0) is 6.18 Å². The number of halogens is 3. The van der Waals surface area contributed by atoms with Gasteiger partial charge in [-0.2, -0.15) is 22.8 Å². The van der Waals surface area contributed by atoms with Crippen molar-refractivity contribution in [3.8, 4) is 16.3 Å². The third-order valence-electron chi connectivity index (χ3n) is 2.95. The van der Waals surface area contributed by atoms with E-state index in [0.717, 1.165) is 11.3 Å². The summed E-state index contributed by atoms with van der Waals surface area (Å²) in [5, 5.41) is 21.8. The Morgan fingerprint density at radius 1 is 1.13 bits per heavy atom. The maximum absolute atomic E-state index is 12.8. The molecule has 3 aromatic heterocycles. The number of hydrogen-bond donors (Lipinski definition) is 0. The molecular formula is C11H5F3N8S. The molecule has 0 atom stereocenters. The van der Waals surface area contributed by atoms with Crippen LogP contribution >= 0.6 is 11.3 Å². The molecule has 0 saturated heterocycles. The van der Waals surface area contributed by atoms with E-state index < -0.39 is 12.0 Å². The molecule has 0 bridgehead atoms. The van der Waals surface area contributed by atoms with Crippen LogP contribution in [0.1, 0.15) is 5.82 Å². The molecule has 0 unspecified atom stereocenters. The van der Waals surface area contributed by atoms with E-state index in [-0.39, 0.29) is 4.96 Å². The highest BCUT2D eigenvalue weighted by atomic mass is 32.1. The highest BCUT2D eigenvalue weighted by molar-refractivity contribution is 7.19. The molecule has 3 heterocycles. The highest BCUT2D eigenvalue weighted by Crippen LogP contribution is 2.32. The predicted molar refractivity (Wildman–Crippen MR) is 71.8 cm³/mol. The molecule has 0 saturated carbocycles. The molecule has 4 rings (SSSR count). The standard InChI is InChI=1S/C11H5F3N8S/c12-11(13,14)9-16-17-10-22(9)18-8(23-10)6-2-1-3-7(4-6)21-5-15-19-20-21/h1-5H. The van der Waals surface area contributed by atoms with Crippen LogP contribution in [-0.4, -0.2) is 40.0 Å². The highest BCUT2D eigenvalue weighted by Gasteiger charge is 2.38. The van der Waals surface area contributed by atoms with E-state index in [0.29, 0.717) is 20.8 Å². The quantitative estimate of drug-likeness (QED) is 0.554. The van der Waals surface area contributed by atoms with Gasteiger partial charge in [0.15, 0.2) is 0 Å². The average Bonchev–Trinajstić information content (AvgIpc) is 3.22. The van der Waals surface area contributed by atoms with Crippen LogP contribution in [0, 0.1) is 0 Å². The number of tetrazole rings is 1. The van der Waals surface area contributed by atoms with E-state index in [9.17, 15) is 13.2 Å². The largest absolute Gasteiger partial charge is 0.453 e. The van der Waals surface area contributed by atoms with Gasteiger partial charge in [-0.15, -0.1) is 15.3 Å². The maximum atomic E-state index is 12.8. The number of rotatable bonds is 2. The van der Waals surface area contributed by atoms with Crippen LogP contribution in [0.3, 0.4) is 0 Å². The summed E-state index contributed by atoms with van der Waals surface area (Å²) in [5.41, 5.74) is 1.29. The lowest BCUT2D eigenvalue weighted by Gasteiger charge is -2.02. The zero-order chi connectivity index (χ0) is 16.0. The van der Waals surface area contributed by atoms with Crippen LogP contribution in [0.2, 0.25) is 0 Å². The van der Waals surface area contributed by atoms with Crippen LogP contribution in [0.25, 0.3) is 21.2 Å². The smallest absolute Gasteiger partial charge is 0.201 e. The van der Waals surface area contributed by atoms with E-state index in [1.807, 2.05) is 0 Å². The number of alkyl halides is 3. The van der Waals surface area contributed by atoms with Crippen molar-refractivity contribution >= 4 is 16.3 Å². The second-order valence-corrected chi connectivity index (χ2v) is 5.38. The van der Waals surface area contributed by atoms with E-state index in [2.05, 4.69) is 30.8 Å². The first kappa shape index (κ1) is 13.8. The molecule has 0 aliphatic heterocycles. The van der Waals surface area contributed by atoms with Gasteiger partial charge in [0, 0.05) is 5.56 Å². The van der Waals surface area contributed by atoms with Crippen LogP contribution in [0.4, 0.5) is 13.2 Å². The first-order valence-corrected chi connectivity index (χ1v) is 6.97. The lowest BCUT2D eigenvalue weighted by molar-refractivity contribution is -0.146. The molecule has 1 aromatic carbocycles. The van der Waals surface area contributed by atoms with E-state index >= 15 is 0 Å². The second kappa shape index (κ2) is 4.81. The van der Waals surface area contributed by atoms with Gasteiger partial charge in [-0.25, -0.2) is 4.68 Å². The van der Waals surface area contributed by atoms with Crippen LogP contribution < -0.4 is 0 Å². The van der Waals surface area contributed by atoms with E-state index in [4.69, 9.17) is 0 Å². The normalized spacial score (nSPS) is 12.1. The molecule has 116 valence electrons. The Bertz CT molecular complexity index is 971. The van der Waals surface area contributed by atoms with Gasteiger partial charge in [-0.05, 0) is 22.6 Å². The summed E-state index contributed by atoms with van der Waals surface area (Å²) >= 11 is 1.01. The minimum Gasteiger partial charge on any atom is -0.201 e. The first-order chi connectivity index (χ1) is 11.0. The molecule has 0 radical (unpaired) electrons. The van der Waals surface area contributed by atoms with Crippen LogP contribution in [0.15, 0.2) is 30.6 Å². The Morgan fingerprint density at radius 2 is 2.00 bits per heavy atom. The molecule has 8 nitrogen and oxygen atoms in total. The first-order valence-electron chi connectivity index (χ1n) is 6.15. The van der Waals surface area contributed by atoms with Gasteiger partial charge < -0.3 is 0 Å². The number of aromatic nitrogens is 8. The van der Waals surface area contributed by atoms with Gasteiger partial charge in [0.25, 0.3) is 5.82 Å². The number of nitrogens with zero attached hydrogens (tertiary/aromatic N) is 8. The molecule has 0 spiro atoms. The van der Waals surface area contributed by atoms with Gasteiger partial charge in [0.05, 0.1) is 5.69 Å². The van der Waals surface area contributed by atoms with Gasteiger partial charge in [0.2, 0.25) is 4.96 Å². The van der Waals surface area contributed by atoms with Crippen LogP contribution in [0.5, 0.6) is 0 Å². The molecule has 0 aliphatic carbocycles. The van der Waals surface area contributed by atoms with Crippen molar-refractivity contribution < 1.29 is 13.2 Å². The fourth-order valence-corrected chi connectivity index (χ4v) is 2.81. The second-order valence-electron chi connectivity index (χ2n) is 4.43. The fourth-order valence-electron chi connectivity index (χ4n) is 1.97. The Balaban J connectivity index is 1.81. The van der Waals surface area contributed by atoms with Gasteiger partial charge in [0.1, 0.15) is 11.3 Å². The van der Waals surface area contributed by atoms with Gasteiger partial charge >= 0.3 is 6.18 Å². The summed E-state index contributed by atoms with van der Waals surface area (Å²) in [6.07, 6.45) is -3.20. The zero-order valence-electron chi connectivity index (χ0n) is 11.0. The van der Waals surface area contributed by atoms with Crippen molar-refractivity contribution in [3.05, 3.63) is 36.4 Å². The third kappa shape index (κ3) is 2.32. The molecular weight excluding hydrogens is 333 g/mol. The monoisotopic (exact) mass is 338 g/mol. The number of fused-ring (bicyclic) bond motifs is 1. The minimum atomic E-state index is -4.61. The summed E-state index contributed by atoms with van der Waals surface area (Å²) in [4.78, 5) is 0.0696. The summed E-state index contributed by atoms with van der Waals surface area (Å²) < 4.78 is 40.6. The van der Waals surface area contributed by atoms with Crippen molar-refractivity contribution in [1.82, 2.24) is 40.0 Å². The van der Waals surface area contributed by atoms with Gasteiger partial charge in [-0.3, -0.25) is 0 Å². The maximum Gasteiger partial charge on any atom is 0.453 e. The predicted octanol–water partition coefficient (Wildman–Crippen LogP) is 1.85.